The number of nitrogens with zero attached hydrogens (tertiary/aromatic N) is 2. The Morgan fingerprint density at radius 3 is 2.78 bits per heavy atom. The Balaban J connectivity index is 1.96. The molecule has 1 amide bonds. The molecule has 1 fully saturated rings. The van der Waals surface area contributed by atoms with Crippen molar-refractivity contribution >= 4 is 6.09 Å². The minimum atomic E-state index is -0.472. The number of nitrogens with one attached hydrogen (secondary N) is 1. The van der Waals surface area contributed by atoms with Crippen LogP contribution in [0.3, 0.4) is 0 Å². The lowest BCUT2D eigenvalue weighted by Crippen LogP contribution is -2.34. The summed E-state index contributed by atoms with van der Waals surface area (Å²) in [6.07, 6.45) is 5.64. The molecular formula is C13H21N3O2. The van der Waals surface area contributed by atoms with E-state index in [4.69, 9.17) is 4.74 Å². The molecule has 0 unspecified atom stereocenters. The van der Waals surface area contributed by atoms with E-state index in [9.17, 15) is 4.79 Å². The van der Waals surface area contributed by atoms with Gasteiger partial charge in [0.15, 0.2) is 0 Å². The van der Waals surface area contributed by atoms with Crippen molar-refractivity contribution in [1.82, 2.24) is 14.9 Å². The van der Waals surface area contributed by atoms with Crippen LogP contribution in [-0.2, 0) is 4.74 Å². The van der Waals surface area contributed by atoms with Crippen LogP contribution in [0.25, 0.3) is 0 Å². The zero-order valence-electron chi connectivity index (χ0n) is 11.4. The Morgan fingerprint density at radius 2 is 2.22 bits per heavy atom. The van der Waals surface area contributed by atoms with Crippen molar-refractivity contribution in [1.29, 1.82) is 0 Å². The summed E-state index contributed by atoms with van der Waals surface area (Å²) in [4.78, 5) is 15.9. The molecule has 1 saturated carbocycles. The van der Waals surface area contributed by atoms with Gasteiger partial charge in [-0.2, -0.15) is 0 Å². The van der Waals surface area contributed by atoms with Gasteiger partial charge in [-0.15, -0.1) is 0 Å². The maximum absolute atomic E-state index is 11.7. The van der Waals surface area contributed by atoms with Gasteiger partial charge in [0.1, 0.15) is 5.60 Å². The van der Waals surface area contributed by atoms with E-state index >= 15 is 0 Å². The summed E-state index contributed by atoms with van der Waals surface area (Å²) in [6.45, 7) is 7.50. The van der Waals surface area contributed by atoms with E-state index in [0.29, 0.717) is 6.04 Å². The summed E-state index contributed by atoms with van der Waals surface area (Å²) in [5.41, 5.74) is 0.559. The number of hydrogen-bond donors (Lipinski definition) is 1. The first-order valence-corrected chi connectivity index (χ1v) is 6.38. The van der Waals surface area contributed by atoms with Crippen molar-refractivity contribution in [3.05, 3.63) is 18.2 Å². The number of ether oxygens (including phenoxy) is 1. The second-order valence-corrected chi connectivity index (χ2v) is 5.82. The van der Waals surface area contributed by atoms with E-state index in [1.807, 2.05) is 34.0 Å². The molecule has 100 valence electrons. The second-order valence-electron chi connectivity index (χ2n) is 5.82. The van der Waals surface area contributed by atoms with E-state index in [-0.39, 0.29) is 6.04 Å². The summed E-state index contributed by atoms with van der Waals surface area (Å²) in [5, 5.41) is 2.84. The minimum absolute atomic E-state index is 0.0945. The average molecular weight is 251 g/mol. The molecule has 1 aromatic rings. The number of rotatable bonds is 3. The number of aromatic nitrogens is 2. The molecular weight excluding hydrogens is 230 g/mol. The smallest absolute Gasteiger partial charge is 0.408 e. The van der Waals surface area contributed by atoms with E-state index in [1.54, 1.807) is 6.20 Å². The van der Waals surface area contributed by atoms with Gasteiger partial charge in [-0.3, -0.25) is 0 Å². The van der Waals surface area contributed by atoms with Crippen molar-refractivity contribution < 1.29 is 9.53 Å². The molecule has 5 nitrogen and oxygen atoms in total. The molecule has 1 aliphatic carbocycles. The van der Waals surface area contributed by atoms with E-state index in [1.165, 1.54) is 12.8 Å². The van der Waals surface area contributed by atoms with E-state index < -0.39 is 11.7 Å². The Hall–Kier alpha value is -1.52. The van der Waals surface area contributed by atoms with Crippen LogP contribution in [0.4, 0.5) is 4.79 Å². The maximum Gasteiger partial charge on any atom is 0.408 e. The lowest BCUT2D eigenvalue weighted by molar-refractivity contribution is 0.0506. The van der Waals surface area contributed by atoms with Crippen molar-refractivity contribution in [3.8, 4) is 0 Å². The first kappa shape index (κ1) is 12.9. The van der Waals surface area contributed by atoms with Gasteiger partial charge in [0.2, 0.25) is 0 Å². The molecule has 0 saturated heterocycles. The predicted molar refractivity (Wildman–Crippen MR) is 68.3 cm³/mol. The maximum atomic E-state index is 11.7. The quantitative estimate of drug-likeness (QED) is 0.898. The summed E-state index contributed by atoms with van der Waals surface area (Å²) < 4.78 is 7.38. The molecule has 5 heteroatoms. The van der Waals surface area contributed by atoms with Crippen LogP contribution in [0, 0.1) is 0 Å². The van der Waals surface area contributed by atoms with Crippen molar-refractivity contribution in [2.75, 3.05) is 0 Å². The molecule has 0 radical (unpaired) electrons. The fourth-order valence-electron chi connectivity index (χ4n) is 1.87. The molecule has 0 aromatic carbocycles. The van der Waals surface area contributed by atoms with Gasteiger partial charge < -0.3 is 14.6 Å². The highest BCUT2D eigenvalue weighted by atomic mass is 16.6. The highest BCUT2D eigenvalue weighted by Crippen LogP contribution is 2.36. The van der Waals surface area contributed by atoms with Crippen molar-refractivity contribution in [2.45, 2.75) is 58.2 Å². The lowest BCUT2D eigenvalue weighted by Gasteiger charge is -2.22. The molecule has 1 heterocycles. The molecule has 1 atom stereocenters. The predicted octanol–water partition coefficient (Wildman–Crippen LogP) is 2.80. The van der Waals surface area contributed by atoms with Crippen LogP contribution in [0.5, 0.6) is 0 Å². The first-order valence-electron chi connectivity index (χ1n) is 6.38. The largest absolute Gasteiger partial charge is 0.444 e. The number of alkyl carbamates (subject to hydrolysis) is 1. The van der Waals surface area contributed by atoms with Gasteiger partial charge in [-0.1, -0.05) is 0 Å². The van der Waals surface area contributed by atoms with Crippen molar-refractivity contribution in [3.63, 3.8) is 0 Å². The SMILES string of the molecule is C[C@@H](NC(=O)OC(C)(C)C)c1cncn1C1CC1. The number of carbonyl (C=O) groups excluding carboxylic acids is 1. The number of imidazole rings is 1. The third kappa shape index (κ3) is 3.24. The molecule has 0 bridgehead atoms. The standard InChI is InChI=1S/C13H21N3O2/c1-9(15-12(17)18-13(2,3)4)11-7-14-8-16(11)10-5-6-10/h7-10H,5-6H2,1-4H3,(H,15,17)/t9-/m1/s1. The third-order valence-electron chi connectivity index (χ3n) is 2.81. The fraction of sp³-hybridized carbons (Fsp3) is 0.692. The topological polar surface area (TPSA) is 56.1 Å². The molecule has 18 heavy (non-hydrogen) atoms. The van der Waals surface area contributed by atoms with Gasteiger partial charge in [0.05, 0.1) is 24.3 Å². The number of amides is 1. The first-order chi connectivity index (χ1) is 8.37. The molecule has 1 aliphatic rings. The molecule has 1 N–H and O–H groups in total. The number of hydrogen-bond acceptors (Lipinski definition) is 3. The van der Waals surface area contributed by atoms with Crippen LogP contribution in [0.2, 0.25) is 0 Å². The summed E-state index contributed by atoms with van der Waals surface area (Å²) in [6, 6.07) is 0.466. The average Bonchev–Trinajstić information content (AvgIpc) is 2.92. The number of carbonyl (C=O) groups is 1. The Morgan fingerprint density at radius 1 is 1.56 bits per heavy atom. The summed E-state index contributed by atoms with van der Waals surface area (Å²) in [7, 11) is 0. The Kier molecular flexibility index (Phi) is 3.32. The minimum Gasteiger partial charge on any atom is -0.444 e. The normalized spacial score (nSPS) is 17.3. The van der Waals surface area contributed by atoms with Gasteiger partial charge in [0.25, 0.3) is 0 Å². The molecule has 2 rings (SSSR count). The highest BCUT2D eigenvalue weighted by molar-refractivity contribution is 5.68. The van der Waals surface area contributed by atoms with Crippen LogP contribution in [0.15, 0.2) is 12.5 Å². The second kappa shape index (κ2) is 4.63. The van der Waals surface area contributed by atoms with E-state index in [2.05, 4.69) is 14.9 Å². The monoisotopic (exact) mass is 251 g/mol. The Labute approximate surface area is 108 Å². The lowest BCUT2D eigenvalue weighted by atomic mass is 10.2. The van der Waals surface area contributed by atoms with Gasteiger partial charge >= 0.3 is 6.09 Å². The van der Waals surface area contributed by atoms with Crippen LogP contribution >= 0.6 is 0 Å². The van der Waals surface area contributed by atoms with Crippen LogP contribution in [-0.4, -0.2) is 21.2 Å². The van der Waals surface area contributed by atoms with Gasteiger partial charge in [-0.05, 0) is 40.5 Å². The summed E-state index contributed by atoms with van der Waals surface area (Å²) >= 11 is 0. The zero-order valence-corrected chi connectivity index (χ0v) is 11.4. The van der Waals surface area contributed by atoms with Crippen LogP contribution in [0.1, 0.15) is 58.3 Å². The molecule has 0 spiro atoms. The van der Waals surface area contributed by atoms with Crippen LogP contribution < -0.4 is 5.32 Å². The highest BCUT2D eigenvalue weighted by Gasteiger charge is 2.27. The van der Waals surface area contributed by atoms with Gasteiger partial charge in [0, 0.05) is 6.04 Å². The van der Waals surface area contributed by atoms with Gasteiger partial charge in [-0.25, -0.2) is 9.78 Å². The zero-order chi connectivity index (χ0) is 13.3. The van der Waals surface area contributed by atoms with Crippen molar-refractivity contribution in [2.24, 2.45) is 0 Å². The van der Waals surface area contributed by atoms with E-state index in [0.717, 1.165) is 5.69 Å². The molecule has 1 aromatic heterocycles. The molecule has 0 aliphatic heterocycles. The third-order valence-corrected chi connectivity index (χ3v) is 2.81. The fourth-order valence-corrected chi connectivity index (χ4v) is 1.87. The summed E-state index contributed by atoms with van der Waals surface area (Å²) in [5.74, 6) is 0. The Bertz CT molecular complexity index is 430.